The Bertz CT molecular complexity index is 1500. The lowest BCUT2D eigenvalue weighted by Crippen LogP contribution is -2.15. The molecule has 0 aliphatic carbocycles. The maximum atomic E-state index is 12.8. The summed E-state index contributed by atoms with van der Waals surface area (Å²) in [6, 6.07) is 25.4. The van der Waals surface area contributed by atoms with Crippen LogP contribution in [0.2, 0.25) is 0 Å². The van der Waals surface area contributed by atoms with Crippen LogP contribution in [0.4, 0.5) is 10.5 Å². The first-order valence-corrected chi connectivity index (χ1v) is 11.4. The number of H-pyrrole nitrogens is 2. The normalized spacial score (nSPS) is 11.1. The van der Waals surface area contributed by atoms with E-state index >= 15 is 0 Å². The van der Waals surface area contributed by atoms with Gasteiger partial charge in [0.15, 0.2) is 0 Å². The molecule has 3 aromatic carbocycles. The van der Waals surface area contributed by atoms with Gasteiger partial charge in [-0.1, -0.05) is 54.6 Å². The standard InChI is InChI=1S/C28H25N3O3/c32-27-23(24-18-29-25-12-5-4-11-22(24)25)16-20-13-14-21(17-26(20)31-27)30-28(33)34-15-7-6-10-19-8-2-1-3-9-19/h1-5,8-9,11-14,16-18,29H,6-7,10,15H2,(H,30,33)(H,31,32). The summed E-state index contributed by atoms with van der Waals surface area (Å²) in [6.07, 6.45) is 4.06. The van der Waals surface area contributed by atoms with Crippen molar-refractivity contribution >= 4 is 33.6 Å². The molecular formula is C28H25N3O3. The van der Waals surface area contributed by atoms with E-state index in [1.54, 1.807) is 12.1 Å². The van der Waals surface area contributed by atoms with Gasteiger partial charge in [0.25, 0.3) is 5.56 Å². The number of benzene rings is 3. The molecule has 2 aromatic heterocycles. The highest BCUT2D eigenvalue weighted by Crippen LogP contribution is 2.28. The number of aromatic amines is 2. The molecule has 6 nitrogen and oxygen atoms in total. The number of ether oxygens (including phenoxy) is 1. The molecule has 0 spiro atoms. The molecule has 0 aliphatic heterocycles. The molecule has 0 saturated heterocycles. The largest absolute Gasteiger partial charge is 0.449 e. The number of para-hydroxylation sites is 1. The summed E-state index contributed by atoms with van der Waals surface area (Å²) in [7, 11) is 0. The number of anilines is 1. The van der Waals surface area contributed by atoms with E-state index in [9.17, 15) is 9.59 Å². The molecule has 0 bridgehead atoms. The van der Waals surface area contributed by atoms with Crippen LogP contribution in [0, 0.1) is 0 Å². The fraction of sp³-hybridized carbons (Fsp3) is 0.143. The van der Waals surface area contributed by atoms with Gasteiger partial charge in [-0.05, 0) is 54.5 Å². The van der Waals surface area contributed by atoms with Gasteiger partial charge < -0.3 is 14.7 Å². The summed E-state index contributed by atoms with van der Waals surface area (Å²) in [4.78, 5) is 31.2. The molecule has 6 heteroatoms. The zero-order chi connectivity index (χ0) is 23.3. The van der Waals surface area contributed by atoms with Crippen LogP contribution >= 0.6 is 0 Å². The average molecular weight is 452 g/mol. The lowest BCUT2D eigenvalue weighted by molar-refractivity contribution is 0.159. The second-order valence-electron chi connectivity index (χ2n) is 8.27. The molecule has 3 N–H and O–H groups in total. The van der Waals surface area contributed by atoms with Gasteiger partial charge >= 0.3 is 6.09 Å². The van der Waals surface area contributed by atoms with E-state index in [4.69, 9.17) is 4.74 Å². The van der Waals surface area contributed by atoms with Crippen molar-refractivity contribution in [2.45, 2.75) is 19.3 Å². The third-order valence-corrected chi connectivity index (χ3v) is 5.91. The number of hydrogen-bond donors (Lipinski definition) is 3. The van der Waals surface area contributed by atoms with Crippen molar-refractivity contribution in [2.24, 2.45) is 0 Å². The molecule has 0 saturated carbocycles. The van der Waals surface area contributed by atoms with Crippen molar-refractivity contribution in [3.63, 3.8) is 0 Å². The molecule has 0 atom stereocenters. The van der Waals surface area contributed by atoms with Crippen LogP contribution in [-0.2, 0) is 11.2 Å². The summed E-state index contributed by atoms with van der Waals surface area (Å²) in [6.45, 7) is 0.358. The highest BCUT2D eigenvalue weighted by molar-refractivity contribution is 5.98. The number of aromatic nitrogens is 2. The van der Waals surface area contributed by atoms with Crippen molar-refractivity contribution < 1.29 is 9.53 Å². The summed E-state index contributed by atoms with van der Waals surface area (Å²) >= 11 is 0. The molecule has 1 amide bonds. The Kier molecular flexibility index (Phi) is 6.12. The molecule has 0 radical (unpaired) electrons. The number of hydrogen-bond acceptors (Lipinski definition) is 3. The van der Waals surface area contributed by atoms with Gasteiger partial charge in [0.2, 0.25) is 0 Å². The fourth-order valence-electron chi connectivity index (χ4n) is 4.17. The second-order valence-corrected chi connectivity index (χ2v) is 8.27. The van der Waals surface area contributed by atoms with Gasteiger partial charge in [-0.3, -0.25) is 10.1 Å². The molecule has 5 rings (SSSR count). The van der Waals surface area contributed by atoms with Crippen molar-refractivity contribution in [1.29, 1.82) is 0 Å². The molecule has 0 fully saturated rings. The van der Waals surface area contributed by atoms with Crippen molar-refractivity contribution in [1.82, 2.24) is 9.97 Å². The van der Waals surface area contributed by atoms with Gasteiger partial charge in [0.05, 0.1) is 12.1 Å². The molecular weight excluding hydrogens is 426 g/mol. The fourth-order valence-corrected chi connectivity index (χ4v) is 4.17. The van der Waals surface area contributed by atoms with Gasteiger partial charge in [-0.2, -0.15) is 0 Å². The van der Waals surface area contributed by atoms with Gasteiger partial charge in [-0.15, -0.1) is 0 Å². The Morgan fingerprint density at radius 2 is 1.68 bits per heavy atom. The van der Waals surface area contributed by atoms with E-state index in [0.717, 1.165) is 41.1 Å². The van der Waals surface area contributed by atoms with E-state index in [1.165, 1.54) is 5.56 Å². The number of carbonyl (C=O) groups excluding carboxylic acids is 1. The van der Waals surface area contributed by atoms with Crippen LogP contribution < -0.4 is 10.9 Å². The minimum absolute atomic E-state index is 0.185. The smallest absolute Gasteiger partial charge is 0.411 e. The number of rotatable bonds is 7. The van der Waals surface area contributed by atoms with E-state index in [0.29, 0.717) is 23.4 Å². The predicted octanol–water partition coefficient (Wildman–Crippen LogP) is 6.25. The Morgan fingerprint density at radius 3 is 2.56 bits per heavy atom. The zero-order valence-electron chi connectivity index (χ0n) is 18.6. The summed E-state index contributed by atoms with van der Waals surface area (Å²) < 4.78 is 5.30. The van der Waals surface area contributed by atoms with Gasteiger partial charge in [0.1, 0.15) is 0 Å². The Balaban J connectivity index is 1.22. The number of aryl methyl sites for hydroxylation is 1. The Labute approximate surface area is 196 Å². The summed E-state index contributed by atoms with van der Waals surface area (Å²) in [5.74, 6) is 0. The molecule has 170 valence electrons. The number of nitrogens with one attached hydrogen (secondary N) is 3. The van der Waals surface area contributed by atoms with E-state index in [-0.39, 0.29) is 5.56 Å². The molecule has 34 heavy (non-hydrogen) atoms. The van der Waals surface area contributed by atoms with Gasteiger partial charge in [-0.25, -0.2) is 4.79 Å². The second kappa shape index (κ2) is 9.67. The first-order valence-electron chi connectivity index (χ1n) is 11.4. The van der Waals surface area contributed by atoms with E-state index in [1.807, 2.05) is 60.8 Å². The Hall–Kier alpha value is -4.32. The minimum Gasteiger partial charge on any atom is -0.449 e. The number of amides is 1. The van der Waals surface area contributed by atoms with Crippen LogP contribution in [-0.4, -0.2) is 22.7 Å². The Morgan fingerprint density at radius 1 is 0.853 bits per heavy atom. The first kappa shape index (κ1) is 21.5. The quantitative estimate of drug-likeness (QED) is 0.256. The average Bonchev–Trinajstić information content (AvgIpc) is 3.28. The SMILES string of the molecule is O=C(Nc1ccc2cc(-c3c[nH]c4ccccc34)c(=O)[nH]c2c1)OCCCCc1ccccc1. The topological polar surface area (TPSA) is 87.0 Å². The van der Waals surface area contributed by atoms with Crippen molar-refractivity contribution in [2.75, 3.05) is 11.9 Å². The lowest BCUT2D eigenvalue weighted by Gasteiger charge is -2.09. The third kappa shape index (κ3) is 4.71. The van der Waals surface area contributed by atoms with Crippen LogP contribution in [0.5, 0.6) is 0 Å². The molecule has 5 aromatic rings. The van der Waals surface area contributed by atoms with Crippen molar-refractivity contribution in [3.05, 3.63) is 101 Å². The number of unbranched alkanes of at least 4 members (excludes halogenated alkanes) is 1. The van der Waals surface area contributed by atoms with Crippen molar-refractivity contribution in [3.8, 4) is 11.1 Å². The van der Waals surface area contributed by atoms with E-state index < -0.39 is 6.09 Å². The lowest BCUT2D eigenvalue weighted by atomic mass is 10.0. The van der Waals surface area contributed by atoms with E-state index in [2.05, 4.69) is 27.4 Å². The summed E-state index contributed by atoms with van der Waals surface area (Å²) in [5, 5.41) is 4.61. The van der Waals surface area contributed by atoms with Crippen LogP contribution in [0.15, 0.2) is 89.9 Å². The first-order chi connectivity index (χ1) is 16.7. The zero-order valence-corrected chi connectivity index (χ0v) is 18.6. The molecule has 0 aliphatic rings. The minimum atomic E-state index is -0.503. The van der Waals surface area contributed by atoms with Crippen LogP contribution in [0.1, 0.15) is 18.4 Å². The molecule has 2 heterocycles. The number of pyridine rings is 1. The number of fused-ring (bicyclic) bond motifs is 2. The predicted molar refractivity (Wildman–Crippen MR) is 136 cm³/mol. The maximum Gasteiger partial charge on any atom is 0.411 e. The molecule has 0 unspecified atom stereocenters. The van der Waals surface area contributed by atoms with Gasteiger partial charge in [0, 0.05) is 33.9 Å². The van der Waals surface area contributed by atoms with Crippen LogP contribution in [0.3, 0.4) is 0 Å². The number of carbonyl (C=O) groups is 1. The maximum absolute atomic E-state index is 12.8. The monoisotopic (exact) mass is 451 g/mol. The summed E-state index contributed by atoms with van der Waals surface area (Å²) in [5.41, 5.74) is 4.75. The highest BCUT2D eigenvalue weighted by Gasteiger charge is 2.11. The highest BCUT2D eigenvalue weighted by atomic mass is 16.5. The third-order valence-electron chi connectivity index (χ3n) is 5.91. The van der Waals surface area contributed by atoms with Crippen LogP contribution in [0.25, 0.3) is 32.9 Å².